The summed E-state index contributed by atoms with van der Waals surface area (Å²) in [5.41, 5.74) is 7.41. The molecule has 1 atom stereocenters. The smallest absolute Gasteiger partial charge is 0.134 e. The maximum atomic E-state index is 5.68. The van der Waals surface area contributed by atoms with Crippen molar-refractivity contribution in [2.75, 3.05) is 5.32 Å². The zero-order valence-corrected chi connectivity index (χ0v) is 10.5. The first-order chi connectivity index (χ1) is 6.97. The fourth-order valence-corrected chi connectivity index (χ4v) is 1.70. The average Bonchev–Trinajstić information content (AvgIpc) is 2.41. The number of aromatic nitrogens is 2. The van der Waals surface area contributed by atoms with Crippen LogP contribution in [0.5, 0.6) is 0 Å². The highest BCUT2D eigenvalue weighted by molar-refractivity contribution is 7.80. The molecule has 0 amide bonds. The van der Waals surface area contributed by atoms with Gasteiger partial charge in [0, 0.05) is 13.1 Å². The van der Waals surface area contributed by atoms with Gasteiger partial charge in [0.1, 0.15) is 10.8 Å². The molecule has 0 saturated carbocycles. The first-order valence-electron chi connectivity index (χ1n) is 5.07. The Labute approximate surface area is 95.8 Å². The molecule has 1 aromatic heterocycles. The molecular formula is C10H18N4S. The van der Waals surface area contributed by atoms with Crippen LogP contribution in [0.1, 0.15) is 31.5 Å². The Bertz CT molecular complexity index is 370. The molecule has 0 saturated heterocycles. The molecule has 4 nitrogen and oxygen atoms in total. The van der Waals surface area contributed by atoms with Crippen molar-refractivity contribution in [3.05, 3.63) is 11.3 Å². The number of nitrogens with zero attached hydrogens (tertiary/aromatic N) is 2. The Hall–Kier alpha value is -1.10. The Balaban J connectivity index is 3.09. The van der Waals surface area contributed by atoms with Gasteiger partial charge in [-0.05, 0) is 20.3 Å². The summed E-state index contributed by atoms with van der Waals surface area (Å²) < 4.78 is 1.79. The van der Waals surface area contributed by atoms with Crippen LogP contribution >= 0.6 is 12.2 Å². The molecule has 15 heavy (non-hydrogen) atoms. The molecule has 1 unspecified atom stereocenters. The van der Waals surface area contributed by atoms with Gasteiger partial charge in [0.2, 0.25) is 0 Å². The van der Waals surface area contributed by atoms with Crippen molar-refractivity contribution in [1.29, 1.82) is 0 Å². The summed E-state index contributed by atoms with van der Waals surface area (Å²) in [7, 11) is 1.89. The molecule has 0 aliphatic heterocycles. The van der Waals surface area contributed by atoms with Gasteiger partial charge in [-0.25, -0.2) is 0 Å². The third-order valence-electron chi connectivity index (χ3n) is 2.46. The number of hydrogen-bond donors (Lipinski definition) is 2. The van der Waals surface area contributed by atoms with Crippen LogP contribution in [0.2, 0.25) is 0 Å². The SMILES string of the molecule is CCC(C)Nc1c(C(N)=S)c(C)nn1C. The van der Waals surface area contributed by atoms with Gasteiger partial charge >= 0.3 is 0 Å². The predicted molar refractivity (Wildman–Crippen MR) is 67.2 cm³/mol. The van der Waals surface area contributed by atoms with E-state index in [1.165, 1.54) is 0 Å². The highest BCUT2D eigenvalue weighted by atomic mass is 32.1. The van der Waals surface area contributed by atoms with Crippen LogP contribution in [0.3, 0.4) is 0 Å². The van der Waals surface area contributed by atoms with E-state index in [0.717, 1.165) is 23.5 Å². The van der Waals surface area contributed by atoms with Gasteiger partial charge in [-0.15, -0.1) is 0 Å². The molecule has 0 bridgehead atoms. The van der Waals surface area contributed by atoms with E-state index in [2.05, 4.69) is 24.3 Å². The van der Waals surface area contributed by atoms with Crippen molar-refractivity contribution in [3.8, 4) is 0 Å². The first kappa shape index (κ1) is 12.0. The topological polar surface area (TPSA) is 55.9 Å². The molecule has 5 heteroatoms. The van der Waals surface area contributed by atoms with Gasteiger partial charge in [0.05, 0.1) is 11.3 Å². The van der Waals surface area contributed by atoms with E-state index in [0.29, 0.717) is 11.0 Å². The zero-order valence-electron chi connectivity index (χ0n) is 9.66. The zero-order chi connectivity index (χ0) is 11.6. The number of hydrogen-bond acceptors (Lipinski definition) is 3. The predicted octanol–water partition coefficient (Wildman–Crippen LogP) is 1.57. The minimum absolute atomic E-state index is 0.382. The Morgan fingerprint density at radius 3 is 2.73 bits per heavy atom. The van der Waals surface area contributed by atoms with E-state index in [-0.39, 0.29) is 0 Å². The van der Waals surface area contributed by atoms with E-state index in [1.54, 1.807) is 4.68 Å². The maximum Gasteiger partial charge on any atom is 0.134 e. The second-order valence-electron chi connectivity index (χ2n) is 3.75. The Morgan fingerprint density at radius 1 is 1.67 bits per heavy atom. The summed E-state index contributed by atoms with van der Waals surface area (Å²) in [5, 5.41) is 7.67. The van der Waals surface area contributed by atoms with Crippen molar-refractivity contribution in [2.45, 2.75) is 33.2 Å². The summed E-state index contributed by atoms with van der Waals surface area (Å²) in [5.74, 6) is 0.911. The lowest BCUT2D eigenvalue weighted by Gasteiger charge is -2.14. The van der Waals surface area contributed by atoms with Crippen molar-refractivity contribution < 1.29 is 0 Å². The third-order valence-corrected chi connectivity index (χ3v) is 2.67. The van der Waals surface area contributed by atoms with Crippen LogP contribution in [-0.4, -0.2) is 20.8 Å². The fraction of sp³-hybridized carbons (Fsp3) is 0.600. The highest BCUT2D eigenvalue weighted by Gasteiger charge is 2.16. The molecule has 0 radical (unpaired) electrons. The molecule has 0 fully saturated rings. The summed E-state index contributed by atoms with van der Waals surface area (Å²) in [6.45, 7) is 6.16. The second kappa shape index (κ2) is 4.61. The number of nitrogens with one attached hydrogen (secondary N) is 1. The summed E-state index contributed by atoms with van der Waals surface area (Å²) >= 11 is 5.02. The summed E-state index contributed by atoms with van der Waals surface area (Å²) in [4.78, 5) is 0.395. The summed E-state index contributed by atoms with van der Waals surface area (Å²) in [6, 6.07) is 0.382. The number of anilines is 1. The number of thiocarbonyl (C=S) groups is 1. The normalized spacial score (nSPS) is 12.5. The van der Waals surface area contributed by atoms with Gasteiger partial charge in [-0.1, -0.05) is 19.1 Å². The van der Waals surface area contributed by atoms with Crippen LogP contribution in [0.15, 0.2) is 0 Å². The Kier molecular flexibility index (Phi) is 3.68. The molecule has 1 heterocycles. The maximum absolute atomic E-state index is 5.68. The van der Waals surface area contributed by atoms with Crippen LogP contribution in [0, 0.1) is 6.92 Å². The lowest BCUT2D eigenvalue weighted by molar-refractivity contribution is 0.714. The molecule has 0 aliphatic rings. The van der Waals surface area contributed by atoms with Crippen molar-refractivity contribution >= 4 is 23.0 Å². The summed E-state index contributed by atoms with van der Waals surface area (Å²) in [6.07, 6.45) is 1.04. The molecule has 3 N–H and O–H groups in total. The molecule has 0 aliphatic carbocycles. The molecule has 1 aromatic rings. The molecule has 1 rings (SSSR count). The van der Waals surface area contributed by atoms with Crippen molar-refractivity contribution in [2.24, 2.45) is 12.8 Å². The second-order valence-corrected chi connectivity index (χ2v) is 4.19. The third kappa shape index (κ3) is 2.47. The quantitative estimate of drug-likeness (QED) is 0.765. The average molecular weight is 226 g/mol. The number of nitrogens with two attached hydrogens (primary N) is 1. The van der Waals surface area contributed by atoms with Gasteiger partial charge < -0.3 is 11.1 Å². The Morgan fingerprint density at radius 2 is 2.27 bits per heavy atom. The lowest BCUT2D eigenvalue weighted by atomic mass is 10.2. The van der Waals surface area contributed by atoms with Gasteiger partial charge in [0.15, 0.2) is 0 Å². The van der Waals surface area contributed by atoms with E-state index in [4.69, 9.17) is 18.0 Å². The fourth-order valence-electron chi connectivity index (χ4n) is 1.45. The minimum atomic E-state index is 0.382. The van der Waals surface area contributed by atoms with E-state index in [1.807, 2.05) is 14.0 Å². The van der Waals surface area contributed by atoms with E-state index >= 15 is 0 Å². The molecule has 0 aromatic carbocycles. The number of rotatable bonds is 4. The largest absolute Gasteiger partial charge is 0.389 e. The van der Waals surface area contributed by atoms with Crippen LogP contribution in [-0.2, 0) is 7.05 Å². The lowest BCUT2D eigenvalue weighted by Crippen LogP contribution is -2.20. The van der Waals surface area contributed by atoms with E-state index < -0.39 is 0 Å². The molecule has 0 spiro atoms. The molecule has 84 valence electrons. The van der Waals surface area contributed by atoms with Gasteiger partial charge in [-0.3, -0.25) is 4.68 Å². The van der Waals surface area contributed by atoms with Crippen LogP contribution < -0.4 is 11.1 Å². The molecular weight excluding hydrogens is 208 g/mol. The standard InChI is InChI=1S/C10H18N4S/c1-5-6(2)12-10-8(9(11)15)7(3)13-14(10)4/h6,12H,5H2,1-4H3,(H2,11,15). The highest BCUT2D eigenvalue weighted by Crippen LogP contribution is 2.19. The van der Waals surface area contributed by atoms with Crippen LogP contribution in [0.4, 0.5) is 5.82 Å². The number of aryl methyl sites for hydroxylation is 2. The van der Waals surface area contributed by atoms with Crippen LogP contribution in [0.25, 0.3) is 0 Å². The van der Waals surface area contributed by atoms with Crippen molar-refractivity contribution in [1.82, 2.24) is 9.78 Å². The minimum Gasteiger partial charge on any atom is -0.389 e. The first-order valence-corrected chi connectivity index (χ1v) is 5.48. The van der Waals surface area contributed by atoms with E-state index in [9.17, 15) is 0 Å². The monoisotopic (exact) mass is 226 g/mol. The van der Waals surface area contributed by atoms with Crippen molar-refractivity contribution in [3.63, 3.8) is 0 Å². The van der Waals surface area contributed by atoms with Gasteiger partial charge in [0.25, 0.3) is 0 Å². The van der Waals surface area contributed by atoms with Gasteiger partial charge in [-0.2, -0.15) is 5.10 Å².